The number of aliphatic hydroxyl groups is 1. The van der Waals surface area contributed by atoms with Crippen LogP contribution in [0.4, 0.5) is 5.82 Å². The monoisotopic (exact) mass is 363 g/mol. The molecular formula is C18H25N3O3S. The molecule has 1 saturated carbocycles. The van der Waals surface area contributed by atoms with Gasteiger partial charge in [0.05, 0.1) is 17.5 Å². The molecule has 6 nitrogen and oxygen atoms in total. The van der Waals surface area contributed by atoms with Crippen molar-refractivity contribution in [2.75, 3.05) is 11.9 Å². The zero-order valence-corrected chi connectivity index (χ0v) is 15.8. The molecule has 0 aromatic carbocycles. The van der Waals surface area contributed by atoms with Gasteiger partial charge >= 0.3 is 5.97 Å². The van der Waals surface area contributed by atoms with Crippen LogP contribution in [-0.4, -0.2) is 39.3 Å². The van der Waals surface area contributed by atoms with Crippen LogP contribution in [0.25, 0.3) is 10.2 Å². The van der Waals surface area contributed by atoms with Gasteiger partial charge in [0.25, 0.3) is 0 Å². The van der Waals surface area contributed by atoms with Crippen LogP contribution < -0.4 is 5.32 Å². The normalized spacial score (nSPS) is 16.2. The van der Waals surface area contributed by atoms with Gasteiger partial charge in [0.1, 0.15) is 28.0 Å². The molecule has 1 aliphatic carbocycles. The highest BCUT2D eigenvalue weighted by Gasteiger charge is 2.25. The number of carbonyl (C=O) groups is 1. The van der Waals surface area contributed by atoms with E-state index in [9.17, 15) is 9.90 Å². The lowest BCUT2D eigenvalue weighted by Gasteiger charge is -2.24. The molecule has 0 saturated heterocycles. The molecule has 0 unspecified atom stereocenters. The van der Waals surface area contributed by atoms with Crippen molar-refractivity contribution in [1.29, 1.82) is 0 Å². The first kappa shape index (κ1) is 18.1. The maximum absolute atomic E-state index is 12.6. The van der Waals surface area contributed by atoms with E-state index in [0.29, 0.717) is 10.7 Å². The maximum atomic E-state index is 12.6. The lowest BCUT2D eigenvalue weighted by atomic mass is 9.98. The Morgan fingerprint density at radius 2 is 2.08 bits per heavy atom. The number of aliphatic hydroxyl groups excluding tert-OH is 1. The zero-order chi connectivity index (χ0) is 18.0. The summed E-state index contributed by atoms with van der Waals surface area (Å²) in [6.45, 7) is 5.65. The molecule has 2 aromatic rings. The fraction of sp³-hybridized carbons (Fsp3) is 0.611. The molecule has 0 bridgehead atoms. The van der Waals surface area contributed by atoms with Crippen LogP contribution in [0, 0.1) is 6.92 Å². The quantitative estimate of drug-likeness (QED) is 0.789. The minimum absolute atomic E-state index is 0.0295. The van der Waals surface area contributed by atoms with Gasteiger partial charge in [-0.3, -0.25) is 0 Å². The summed E-state index contributed by atoms with van der Waals surface area (Å²) >= 11 is 1.34. The summed E-state index contributed by atoms with van der Waals surface area (Å²) in [5.41, 5.74) is 0.316. The number of thiophene rings is 1. The third-order valence-corrected chi connectivity index (χ3v) is 5.77. The van der Waals surface area contributed by atoms with Crippen LogP contribution in [0.15, 0.2) is 6.33 Å². The SMILES string of the molecule is Cc1c(C(=O)OC2CCCCC2)sc2ncnc(NC(C)(C)CO)c12. The zero-order valence-electron chi connectivity index (χ0n) is 15.0. The van der Waals surface area contributed by atoms with Crippen LogP contribution in [0.3, 0.4) is 0 Å². The highest BCUT2D eigenvalue weighted by atomic mass is 32.1. The fourth-order valence-corrected chi connectivity index (χ4v) is 4.14. The van der Waals surface area contributed by atoms with Gasteiger partial charge in [-0.15, -0.1) is 11.3 Å². The van der Waals surface area contributed by atoms with Crippen molar-refractivity contribution in [3.05, 3.63) is 16.8 Å². The third-order valence-electron chi connectivity index (χ3n) is 4.59. The standard InChI is InChI=1S/C18H25N3O3S/c1-11-13-15(21-18(2,3)9-22)19-10-20-16(13)25-14(11)17(23)24-12-7-5-4-6-8-12/h10,12,22H,4-9H2,1-3H3,(H,19,20,21). The van der Waals surface area contributed by atoms with Crippen molar-refractivity contribution in [2.45, 2.75) is 64.5 Å². The Hall–Kier alpha value is -1.73. The first-order valence-corrected chi connectivity index (χ1v) is 9.57. The molecule has 2 aromatic heterocycles. The van der Waals surface area contributed by atoms with Gasteiger partial charge in [-0.05, 0) is 52.0 Å². The summed E-state index contributed by atoms with van der Waals surface area (Å²) < 4.78 is 5.71. The Morgan fingerprint density at radius 3 is 2.76 bits per heavy atom. The minimum atomic E-state index is -0.515. The second kappa shape index (κ2) is 7.25. The Bertz CT molecular complexity index is 766. The van der Waals surface area contributed by atoms with Crippen molar-refractivity contribution in [3.63, 3.8) is 0 Å². The van der Waals surface area contributed by atoms with Crippen LogP contribution >= 0.6 is 11.3 Å². The van der Waals surface area contributed by atoms with Gasteiger partial charge in [0, 0.05) is 0 Å². The van der Waals surface area contributed by atoms with Crippen LogP contribution in [0.2, 0.25) is 0 Å². The van der Waals surface area contributed by atoms with Crippen molar-refractivity contribution in [2.24, 2.45) is 0 Å². The molecule has 1 fully saturated rings. The van der Waals surface area contributed by atoms with Crippen LogP contribution in [0.1, 0.15) is 61.2 Å². The fourth-order valence-electron chi connectivity index (χ4n) is 3.11. The smallest absolute Gasteiger partial charge is 0.348 e. The largest absolute Gasteiger partial charge is 0.458 e. The van der Waals surface area contributed by atoms with Crippen molar-refractivity contribution >= 4 is 33.3 Å². The Morgan fingerprint density at radius 1 is 1.36 bits per heavy atom. The number of fused-ring (bicyclic) bond motifs is 1. The number of aromatic nitrogens is 2. The molecule has 0 aliphatic heterocycles. The summed E-state index contributed by atoms with van der Waals surface area (Å²) in [7, 11) is 0. The molecule has 7 heteroatoms. The molecule has 2 heterocycles. The molecule has 136 valence electrons. The number of rotatable bonds is 5. The van der Waals surface area contributed by atoms with Gasteiger partial charge in [0.15, 0.2) is 0 Å². The summed E-state index contributed by atoms with van der Waals surface area (Å²) in [4.78, 5) is 22.6. The van der Waals surface area contributed by atoms with Gasteiger partial charge in [-0.2, -0.15) is 0 Å². The van der Waals surface area contributed by atoms with E-state index >= 15 is 0 Å². The van der Waals surface area contributed by atoms with E-state index < -0.39 is 5.54 Å². The van der Waals surface area contributed by atoms with Gasteiger partial charge < -0.3 is 15.2 Å². The number of esters is 1. The average molecular weight is 363 g/mol. The van der Waals surface area contributed by atoms with Crippen LogP contribution in [-0.2, 0) is 4.74 Å². The number of aryl methyl sites for hydroxylation is 1. The highest BCUT2D eigenvalue weighted by Crippen LogP contribution is 2.35. The molecule has 0 atom stereocenters. The first-order valence-electron chi connectivity index (χ1n) is 8.75. The Balaban J connectivity index is 1.90. The summed E-state index contributed by atoms with van der Waals surface area (Å²) in [5.74, 6) is 0.370. The third kappa shape index (κ3) is 3.93. The van der Waals surface area contributed by atoms with E-state index in [1.807, 2.05) is 20.8 Å². The van der Waals surface area contributed by atoms with Gasteiger partial charge in [-0.1, -0.05) is 6.42 Å². The predicted molar refractivity (Wildman–Crippen MR) is 99.2 cm³/mol. The molecule has 0 amide bonds. The topological polar surface area (TPSA) is 84.3 Å². The molecule has 25 heavy (non-hydrogen) atoms. The number of hydrogen-bond acceptors (Lipinski definition) is 7. The van der Waals surface area contributed by atoms with Crippen molar-refractivity contribution in [1.82, 2.24) is 9.97 Å². The number of carbonyl (C=O) groups excluding carboxylic acids is 1. The summed E-state index contributed by atoms with van der Waals surface area (Å²) in [6, 6.07) is 0. The number of nitrogens with zero attached hydrogens (tertiary/aromatic N) is 2. The number of hydrogen-bond donors (Lipinski definition) is 2. The summed E-state index contributed by atoms with van der Waals surface area (Å²) in [5, 5.41) is 13.6. The molecular weight excluding hydrogens is 338 g/mol. The van der Waals surface area contributed by atoms with Crippen LogP contribution in [0.5, 0.6) is 0 Å². The number of ether oxygens (including phenoxy) is 1. The van der Waals surface area contributed by atoms with E-state index in [2.05, 4.69) is 15.3 Å². The maximum Gasteiger partial charge on any atom is 0.348 e. The lowest BCUT2D eigenvalue weighted by molar-refractivity contribution is 0.0216. The van der Waals surface area contributed by atoms with Crippen molar-refractivity contribution in [3.8, 4) is 0 Å². The summed E-state index contributed by atoms with van der Waals surface area (Å²) in [6.07, 6.45) is 6.88. The average Bonchev–Trinajstić information content (AvgIpc) is 2.94. The highest BCUT2D eigenvalue weighted by molar-refractivity contribution is 7.20. The van der Waals surface area contributed by atoms with E-state index in [1.54, 1.807) is 0 Å². The first-order chi connectivity index (χ1) is 11.9. The Labute approximate surface area is 151 Å². The van der Waals surface area contributed by atoms with Gasteiger partial charge in [0.2, 0.25) is 0 Å². The Kier molecular flexibility index (Phi) is 5.24. The molecule has 2 N–H and O–H groups in total. The molecule has 3 rings (SSSR count). The second-order valence-electron chi connectivity index (χ2n) is 7.29. The van der Waals surface area contributed by atoms with E-state index in [0.717, 1.165) is 41.5 Å². The number of anilines is 1. The number of nitrogens with one attached hydrogen (secondary N) is 1. The van der Waals surface area contributed by atoms with E-state index in [-0.39, 0.29) is 18.7 Å². The van der Waals surface area contributed by atoms with Crippen molar-refractivity contribution < 1.29 is 14.6 Å². The van der Waals surface area contributed by atoms with Gasteiger partial charge in [-0.25, -0.2) is 14.8 Å². The molecule has 0 spiro atoms. The molecule has 1 aliphatic rings. The molecule has 0 radical (unpaired) electrons. The second-order valence-corrected chi connectivity index (χ2v) is 8.29. The minimum Gasteiger partial charge on any atom is -0.458 e. The predicted octanol–water partition coefficient (Wildman–Crippen LogP) is 3.67. The van der Waals surface area contributed by atoms with E-state index in [4.69, 9.17) is 4.74 Å². The lowest BCUT2D eigenvalue weighted by Crippen LogP contribution is -2.35. The van der Waals surface area contributed by atoms with E-state index in [1.165, 1.54) is 24.1 Å².